The van der Waals surface area contributed by atoms with Crippen molar-refractivity contribution >= 4 is 26.0 Å². The highest BCUT2D eigenvalue weighted by Gasteiger charge is 2.53. The summed E-state index contributed by atoms with van der Waals surface area (Å²) in [6, 6.07) is 14.8. The summed E-state index contributed by atoms with van der Waals surface area (Å²) in [6.45, 7) is 3.81. The highest BCUT2D eigenvalue weighted by atomic mass is 79.9. The van der Waals surface area contributed by atoms with Crippen molar-refractivity contribution in [3.05, 3.63) is 64.1 Å². The molecule has 2 saturated heterocycles. The number of nitrogens with zero attached hydrogens (tertiary/aromatic N) is 1. The second-order valence-corrected chi connectivity index (χ2v) is 9.65. The van der Waals surface area contributed by atoms with Gasteiger partial charge in [0.2, 0.25) is 0 Å². The summed E-state index contributed by atoms with van der Waals surface area (Å²) in [7, 11) is -3.85. The summed E-state index contributed by atoms with van der Waals surface area (Å²) in [4.78, 5) is 2.59. The molecule has 0 N–H and O–H groups in total. The lowest BCUT2D eigenvalue weighted by atomic mass is 9.85. The van der Waals surface area contributed by atoms with Gasteiger partial charge in [-0.3, -0.25) is 9.08 Å². The van der Waals surface area contributed by atoms with Crippen LogP contribution in [0.5, 0.6) is 0 Å². The van der Waals surface area contributed by atoms with Crippen molar-refractivity contribution < 1.29 is 12.6 Å². The summed E-state index contributed by atoms with van der Waals surface area (Å²) in [5, 5.41) is 0. The molecule has 0 amide bonds. The molecule has 2 aliphatic heterocycles. The molecule has 4 rings (SSSR count). The summed E-state index contributed by atoms with van der Waals surface area (Å²) >= 11 is 3.46. The van der Waals surface area contributed by atoms with E-state index in [1.54, 1.807) is 24.3 Å². The summed E-state index contributed by atoms with van der Waals surface area (Å²) in [5.41, 5.74) is 1.14. The molecule has 0 unspecified atom stereocenters. The van der Waals surface area contributed by atoms with Crippen LogP contribution in [0.2, 0.25) is 0 Å². The number of fused-ring (bicyclic) bond motifs is 1. The van der Waals surface area contributed by atoms with E-state index in [4.69, 9.17) is 4.18 Å². The summed E-state index contributed by atoms with van der Waals surface area (Å²) in [5.74, 6) is 0. The number of halogens is 1. The van der Waals surface area contributed by atoms with Gasteiger partial charge in [0.25, 0.3) is 10.1 Å². The van der Waals surface area contributed by atoms with Crippen molar-refractivity contribution in [3.63, 3.8) is 0 Å². The van der Waals surface area contributed by atoms with Crippen molar-refractivity contribution in [1.82, 2.24) is 4.90 Å². The topological polar surface area (TPSA) is 46.6 Å². The van der Waals surface area contributed by atoms with Crippen LogP contribution in [0.1, 0.15) is 30.4 Å². The molecule has 4 nitrogen and oxygen atoms in total. The van der Waals surface area contributed by atoms with Crippen LogP contribution in [-0.2, 0) is 19.9 Å². The molecule has 0 aromatic heterocycles. The maximum atomic E-state index is 13.1. The van der Waals surface area contributed by atoms with Crippen LogP contribution >= 0.6 is 15.9 Å². The largest absolute Gasteiger partial charge is 0.297 e. The zero-order valence-corrected chi connectivity index (χ0v) is 17.1. The van der Waals surface area contributed by atoms with Gasteiger partial charge in [-0.15, -0.1) is 0 Å². The first kappa shape index (κ1) is 18.2. The molecule has 0 spiro atoms. The Hall–Kier alpha value is -1.21. The zero-order valence-electron chi connectivity index (χ0n) is 14.7. The lowest BCUT2D eigenvalue weighted by Crippen LogP contribution is -2.42. The number of benzene rings is 2. The van der Waals surface area contributed by atoms with Gasteiger partial charge in [0, 0.05) is 17.1 Å². The lowest BCUT2D eigenvalue weighted by Gasteiger charge is -2.35. The first-order valence-corrected chi connectivity index (χ1v) is 11.1. The molecule has 2 atom stereocenters. The second-order valence-electron chi connectivity index (χ2n) is 7.19. The number of hydrogen-bond acceptors (Lipinski definition) is 4. The van der Waals surface area contributed by atoms with Crippen molar-refractivity contribution in [2.75, 3.05) is 13.1 Å². The Kier molecular flexibility index (Phi) is 4.72. The summed E-state index contributed by atoms with van der Waals surface area (Å²) < 4.78 is 33.2. The Bertz CT molecular complexity index is 896. The first-order valence-electron chi connectivity index (χ1n) is 8.93. The van der Waals surface area contributed by atoms with Gasteiger partial charge in [0.1, 0.15) is 5.60 Å². The summed E-state index contributed by atoms with van der Waals surface area (Å²) in [6.07, 6.45) is 2.72. The third-order valence-corrected chi connectivity index (χ3v) is 7.47. The first-order chi connectivity index (χ1) is 12.4. The Morgan fingerprint density at radius 2 is 1.77 bits per heavy atom. The molecule has 0 aliphatic carbocycles. The Morgan fingerprint density at radius 1 is 1.08 bits per heavy atom. The molecule has 0 radical (unpaired) electrons. The van der Waals surface area contributed by atoms with E-state index in [9.17, 15) is 8.42 Å². The van der Waals surface area contributed by atoms with Crippen LogP contribution < -0.4 is 0 Å². The minimum absolute atomic E-state index is 0.101. The Labute approximate surface area is 163 Å². The van der Waals surface area contributed by atoms with Gasteiger partial charge in [-0.2, -0.15) is 8.42 Å². The number of aryl methyl sites for hydroxylation is 1. The molecule has 0 saturated carbocycles. The molecule has 26 heavy (non-hydrogen) atoms. The molecule has 2 aromatic carbocycles. The number of hydrogen-bond donors (Lipinski definition) is 0. The average molecular weight is 436 g/mol. The Balaban J connectivity index is 1.76. The Morgan fingerprint density at radius 3 is 2.46 bits per heavy atom. The molecule has 2 aliphatic rings. The molecule has 138 valence electrons. The van der Waals surface area contributed by atoms with E-state index >= 15 is 0 Å². The van der Waals surface area contributed by atoms with Gasteiger partial charge in [0.15, 0.2) is 0 Å². The van der Waals surface area contributed by atoms with Crippen LogP contribution in [-0.4, -0.2) is 32.4 Å². The fraction of sp³-hybridized carbons (Fsp3) is 0.400. The van der Waals surface area contributed by atoms with E-state index in [0.717, 1.165) is 41.5 Å². The van der Waals surface area contributed by atoms with Crippen LogP contribution in [0, 0.1) is 6.92 Å². The quantitative estimate of drug-likeness (QED) is 0.674. The van der Waals surface area contributed by atoms with E-state index in [1.165, 1.54) is 0 Å². The van der Waals surface area contributed by atoms with Gasteiger partial charge in [-0.1, -0.05) is 45.8 Å². The van der Waals surface area contributed by atoms with E-state index in [0.29, 0.717) is 6.42 Å². The van der Waals surface area contributed by atoms with Crippen LogP contribution in [0.25, 0.3) is 0 Å². The molecule has 6 heteroatoms. The third kappa shape index (κ3) is 3.13. The predicted molar refractivity (Wildman–Crippen MR) is 104 cm³/mol. The molecule has 2 aromatic rings. The van der Waals surface area contributed by atoms with E-state index in [2.05, 4.69) is 20.8 Å². The molecular formula is C20H22BrNO3S. The van der Waals surface area contributed by atoms with Gasteiger partial charge in [0.05, 0.1) is 4.90 Å². The van der Waals surface area contributed by atoms with Crippen LogP contribution in [0.15, 0.2) is 57.9 Å². The minimum atomic E-state index is -3.85. The van der Waals surface area contributed by atoms with Gasteiger partial charge in [-0.25, -0.2) is 0 Å². The maximum Gasteiger partial charge on any atom is 0.297 e. The van der Waals surface area contributed by atoms with Gasteiger partial charge in [-0.05, 0) is 62.6 Å². The normalized spacial score (nSPS) is 26.2. The van der Waals surface area contributed by atoms with Gasteiger partial charge < -0.3 is 0 Å². The minimum Gasteiger partial charge on any atom is -0.297 e. The number of rotatable bonds is 4. The maximum absolute atomic E-state index is 13.1. The van der Waals surface area contributed by atoms with E-state index in [1.807, 2.05) is 31.2 Å². The van der Waals surface area contributed by atoms with Crippen molar-refractivity contribution in [2.24, 2.45) is 0 Å². The third-order valence-electron chi connectivity index (χ3n) is 5.57. The zero-order chi connectivity index (χ0) is 18.4. The molecule has 2 fully saturated rings. The fourth-order valence-corrected chi connectivity index (χ4v) is 5.77. The van der Waals surface area contributed by atoms with Gasteiger partial charge >= 0.3 is 0 Å². The average Bonchev–Trinajstić information content (AvgIpc) is 3.20. The molecular weight excluding hydrogens is 414 g/mol. The van der Waals surface area contributed by atoms with E-state index < -0.39 is 15.7 Å². The SMILES string of the molecule is Cc1ccc(S(=O)(=O)O[C@@]2(c3ccc(Br)cc3)CCN3CCC[C@H]32)cc1. The second kappa shape index (κ2) is 6.75. The fourth-order valence-electron chi connectivity index (χ4n) is 4.26. The van der Waals surface area contributed by atoms with Crippen molar-refractivity contribution in [3.8, 4) is 0 Å². The van der Waals surface area contributed by atoms with Crippen molar-refractivity contribution in [1.29, 1.82) is 0 Å². The lowest BCUT2D eigenvalue weighted by molar-refractivity contribution is 0.0431. The van der Waals surface area contributed by atoms with Crippen molar-refractivity contribution in [2.45, 2.75) is 42.7 Å². The standard InChI is InChI=1S/C20H22BrNO3S/c1-15-4-10-18(11-5-15)26(23,24)25-20(16-6-8-17(21)9-7-16)12-14-22-13-2-3-19(20)22/h4-11,19H,2-3,12-14H2,1H3/t19-,20+/m0/s1. The van der Waals surface area contributed by atoms with Crippen LogP contribution in [0.4, 0.5) is 0 Å². The smallest absolute Gasteiger partial charge is 0.297 e. The highest BCUT2D eigenvalue weighted by molar-refractivity contribution is 9.10. The predicted octanol–water partition coefficient (Wildman–Crippen LogP) is 4.23. The molecule has 0 bridgehead atoms. The monoisotopic (exact) mass is 435 g/mol. The van der Waals surface area contributed by atoms with Crippen LogP contribution in [0.3, 0.4) is 0 Å². The highest BCUT2D eigenvalue weighted by Crippen LogP contribution is 2.47. The molecule has 2 heterocycles. The van der Waals surface area contributed by atoms with E-state index in [-0.39, 0.29) is 10.9 Å².